The summed E-state index contributed by atoms with van der Waals surface area (Å²) in [7, 11) is 0. The largest absolute Gasteiger partial charge is 0.461 e. The molecule has 7 rings (SSSR count). The second kappa shape index (κ2) is 9.62. The number of alkyl halides is 4. The van der Waals surface area contributed by atoms with Crippen LogP contribution in [0, 0.1) is 5.82 Å². The zero-order valence-corrected chi connectivity index (χ0v) is 22.2. The lowest BCUT2D eigenvalue weighted by atomic mass is 9.95. The third-order valence-electron chi connectivity index (χ3n) is 8.96. The fraction of sp³-hybridized carbons (Fsp3) is 0.536. The van der Waals surface area contributed by atoms with Gasteiger partial charge in [0.25, 0.3) is 0 Å². The number of nitrogens with zero attached hydrogens (tertiary/aromatic N) is 5. The normalized spacial score (nSPS) is 28.0. The van der Waals surface area contributed by atoms with Gasteiger partial charge in [-0.3, -0.25) is 4.90 Å². The fourth-order valence-electron chi connectivity index (χ4n) is 7.10. The minimum absolute atomic E-state index is 0.0468. The van der Waals surface area contributed by atoms with Crippen LogP contribution in [0.1, 0.15) is 37.7 Å². The van der Waals surface area contributed by atoms with E-state index in [-0.39, 0.29) is 47.3 Å². The number of nitrogen functional groups attached to an aromatic ring is 1. The Bertz CT molecular complexity index is 1490. The van der Waals surface area contributed by atoms with E-state index in [2.05, 4.69) is 25.1 Å². The summed E-state index contributed by atoms with van der Waals surface area (Å²) in [6.07, 6.45) is -1.48. The van der Waals surface area contributed by atoms with E-state index in [0.29, 0.717) is 43.3 Å². The predicted molar refractivity (Wildman–Crippen MR) is 143 cm³/mol. The van der Waals surface area contributed by atoms with E-state index in [4.69, 9.17) is 15.5 Å². The van der Waals surface area contributed by atoms with Crippen molar-refractivity contribution in [1.82, 2.24) is 25.2 Å². The monoisotopic (exact) mass is 575 g/mol. The van der Waals surface area contributed by atoms with E-state index in [0.717, 1.165) is 38.3 Å². The van der Waals surface area contributed by atoms with Gasteiger partial charge in [0.2, 0.25) is 0 Å². The maximum absolute atomic E-state index is 16.2. The Morgan fingerprint density at radius 2 is 1.85 bits per heavy atom. The van der Waals surface area contributed by atoms with Crippen LogP contribution in [-0.2, 0) is 6.18 Å². The summed E-state index contributed by atoms with van der Waals surface area (Å²) in [6, 6.07) is 4.98. The standard InChI is InChI=1S/C28H30F5N7O/c29-16-10-27(6-1-7-40(27)11-16)14-41-26-37-24-20(25(38-26)39-12-17-2-3-18(13-39)35-17)5-4-19(23(24)30)21-8-15(28(31,32)33)9-22(34)36-21/h4-5,8-9,16-18,35H,1-3,6-7,10-14H2,(H2,34,36)/t16-,17-,18+,27+/m1/s1. The molecule has 4 aliphatic heterocycles. The molecule has 4 atom stereocenters. The molecule has 6 heterocycles. The second-order valence-electron chi connectivity index (χ2n) is 11.7. The molecule has 2 bridgehead atoms. The number of piperazine rings is 1. The highest BCUT2D eigenvalue weighted by Crippen LogP contribution is 2.41. The van der Waals surface area contributed by atoms with Crippen molar-refractivity contribution in [1.29, 1.82) is 0 Å². The summed E-state index contributed by atoms with van der Waals surface area (Å²) < 4.78 is 77.1. The number of anilines is 2. The highest BCUT2D eigenvalue weighted by Gasteiger charge is 2.49. The third kappa shape index (κ3) is 4.72. The van der Waals surface area contributed by atoms with Gasteiger partial charge in [-0.15, -0.1) is 0 Å². The number of halogens is 5. The molecule has 218 valence electrons. The van der Waals surface area contributed by atoms with Crippen LogP contribution >= 0.6 is 0 Å². The van der Waals surface area contributed by atoms with E-state index in [1.807, 2.05) is 0 Å². The molecule has 8 nitrogen and oxygen atoms in total. The van der Waals surface area contributed by atoms with Crippen LogP contribution in [0.25, 0.3) is 22.2 Å². The van der Waals surface area contributed by atoms with Crippen molar-refractivity contribution in [3.05, 3.63) is 35.6 Å². The van der Waals surface area contributed by atoms with E-state index < -0.39 is 29.3 Å². The van der Waals surface area contributed by atoms with Gasteiger partial charge in [-0.05, 0) is 56.5 Å². The summed E-state index contributed by atoms with van der Waals surface area (Å²) in [5, 5.41) is 3.99. The Hall–Kier alpha value is -3.32. The molecule has 1 aromatic carbocycles. The number of nitrogens with two attached hydrogens (primary N) is 1. The molecule has 0 aliphatic carbocycles. The van der Waals surface area contributed by atoms with Crippen molar-refractivity contribution in [3.8, 4) is 17.3 Å². The van der Waals surface area contributed by atoms with Gasteiger partial charge in [-0.25, -0.2) is 13.8 Å². The lowest BCUT2D eigenvalue weighted by Gasteiger charge is -2.34. The fourth-order valence-corrected chi connectivity index (χ4v) is 7.10. The summed E-state index contributed by atoms with van der Waals surface area (Å²) in [6.45, 7) is 2.65. The van der Waals surface area contributed by atoms with Gasteiger partial charge in [0.1, 0.15) is 29.9 Å². The molecule has 0 spiro atoms. The zero-order valence-electron chi connectivity index (χ0n) is 22.2. The minimum atomic E-state index is -4.68. The predicted octanol–water partition coefficient (Wildman–Crippen LogP) is 4.33. The topological polar surface area (TPSA) is 92.4 Å². The number of hydrogen-bond donors (Lipinski definition) is 2. The molecule has 4 fully saturated rings. The summed E-state index contributed by atoms with van der Waals surface area (Å²) in [4.78, 5) is 17.3. The molecule has 0 unspecified atom stereocenters. The molecule has 0 amide bonds. The molecule has 13 heteroatoms. The number of benzene rings is 1. The van der Waals surface area contributed by atoms with Crippen LogP contribution in [0.5, 0.6) is 6.01 Å². The van der Waals surface area contributed by atoms with Crippen LogP contribution in [0.4, 0.5) is 33.6 Å². The molecular weight excluding hydrogens is 545 g/mol. The second-order valence-corrected chi connectivity index (χ2v) is 11.7. The van der Waals surface area contributed by atoms with Crippen molar-refractivity contribution < 1.29 is 26.7 Å². The maximum atomic E-state index is 16.2. The van der Waals surface area contributed by atoms with Gasteiger partial charge in [-0.2, -0.15) is 23.1 Å². The third-order valence-corrected chi connectivity index (χ3v) is 8.96. The van der Waals surface area contributed by atoms with Crippen LogP contribution in [-0.4, -0.2) is 76.4 Å². The summed E-state index contributed by atoms with van der Waals surface area (Å²) in [5.74, 6) is -0.715. The number of pyridine rings is 1. The Morgan fingerprint density at radius 1 is 1.07 bits per heavy atom. The Morgan fingerprint density at radius 3 is 2.61 bits per heavy atom. The lowest BCUT2D eigenvalue weighted by Crippen LogP contribution is -2.51. The molecular formula is C28H30F5N7O. The van der Waals surface area contributed by atoms with Crippen molar-refractivity contribution in [2.24, 2.45) is 0 Å². The number of fused-ring (bicyclic) bond motifs is 4. The van der Waals surface area contributed by atoms with Gasteiger partial charge in [0, 0.05) is 49.1 Å². The Kier molecular flexibility index (Phi) is 6.23. The first-order valence-electron chi connectivity index (χ1n) is 14.0. The first-order valence-corrected chi connectivity index (χ1v) is 14.0. The molecule has 3 N–H and O–H groups in total. The quantitative estimate of drug-likeness (QED) is 0.435. The van der Waals surface area contributed by atoms with Crippen molar-refractivity contribution in [2.45, 2.75) is 62.1 Å². The molecule has 0 saturated carbocycles. The number of ether oxygens (including phenoxy) is 1. The van der Waals surface area contributed by atoms with E-state index in [1.54, 1.807) is 6.07 Å². The Labute approximate surface area is 233 Å². The zero-order chi connectivity index (χ0) is 28.5. The SMILES string of the molecule is Nc1cc(C(F)(F)F)cc(-c2ccc3c(N4C[C@H]5CC[C@@H](C4)N5)nc(OC[C@@]45CCCN4C[C@H](F)C5)nc3c2F)n1. The van der Waals surface area contributed by atoms with E-state index >= 15 is 4.39 Å². The van der Waals surface area contributed by atoms with Gasteiger partial charge in [0.15, 0.2) is 5.82 Å². The first-order chi connectivity index (χ1) is 19.6. The number of aromatic nitrogens is 3. The van der Waals surface area contributed by atoms with Crippen LogP contribution < -0.4 is 20.7 Å². The van der Waals surface area contributed by atoms with Gasteiger partial charge >= 0.3 is 12.2 Å². The van der Waals surface area contributed by atoms with E-state index in [1.165, 1.54) is 6.07 Å². The molecule has 41 heavy (non-hydrogen) atoms. The lowest BCUT2D eigenvalue weighted by molar-refractivity contribution is -0.137. The van der Waals surface area contributed by atoms with Crippen molar-refractivity contribution >= 4 is 22.5 Å². The van der Waals surface area contributed by atoms with Crippen molar-refractivity contribution in [2.75, 3.05) is 43.4 Å². The van der Waals surface area contributed by atoms with Gasteiger partial charge in [-0.1, -0.05) is 0 Å². The maximum Gasteiger partial charge on any atom is 0.416 e. The van der Waals surface area contributed by atoms with Crippen LogP contribution in [0.2, 0.25) is 0 Å². The number of nitrogens with one attached hydrogen (secondary N) is 1. The highest BCUT2D eigenvalue weighted by atomic mass is 19.4. The number of rotatable bonds is 5. The average Bonchev–Trinajstić information content (AvgIpc) is 3.57. The average molecular weight is 576 g/mol. The molecule has 4 saturated heterocycles. The smallest absolute Gasteiger partial charge is 0.416 e. The van der Waals surface area contributed by atoms with Gasteiger partial charge in [0.05, 0.1) is 16.8 Å². The molecule has 3 aromatic rings. The summed E-state index contributed by atoms with van der Waals surface area (Å²) >= 11 is 0. The van der Waals surface area contributed by atoms with Crippen molar-refractivity contribution in [3.63, 3.8) is 0 Å². The minimum Gasteiger partial charge on any atom is -0.461 e. The molecule has 0 radical (unpaired) electrons. The number of hydrogen-bond acceptors (Lipinski definition) is 8. The van der Waals surface area contributed by atoms with Crippen LogP contribution in [0.3, 0.4) is 0 Å². The molecule has 2 aromatic heterocycles. The van der Waals surface area contributed by atoms with Gasteiger partial charge < -0.3 is 20.7 Å². The van der Waals surface area contributed by atoms with Crippen LogP contribution in [0.15, 0.2) is 24.3 Å². The molecule has 4 aliphatic rings. The highest BCUT2D eigenvalue weighted by molar-refractivity contribution is 5.93. The Balaban J connectivity index is 1.31. The van der Waals surface area contributed by atoms with E-state index in [9.17, 15) is 17.6 Å². The summed E-state index contributed by atoms with van der Waals surface area (Å²) in [5.41, 5.74) is 3.69. The first kappa shape index (κ1) is 26.6.